The van der Waals surface area contributed by atoms with Gasteiger partial charge in [-0.25, -0.2) is 0 Å². The zero-order valence-electron chi connectivity index (χ0n) is 7.28. The van der Waals surface area contributed by atoms with E-state index in [4.69, 9.17) is 0 Å². The van der Waals surface area contributed by atoms with Gasteiger partial charge in [-0.3, -0.25) is 0 Å². The Morgan fingerprint density at radius 3 is 0.778 bits per heavy atom. The van der Waals surface area contributed by atoms with Gasteiger partial charge in [0.25, 0.3) is 0 Å². The Labute approximate surface area is 64.3 Å². The molecule has 0 unspecified atom stereocenters. The van der Waals surface area contributed by atoms with Crippen molar-refractivity contribution in [3.05, 3.63) is 13.8 Å². The molecule has 0 saturated heterocycles. The summed E-state index contributed by atoms with van der Waals surface area (Å²) in [6, 6.07) is 0. The standard InChI is InChI=1S/2C4H9.Be/c2*1-4(2)3;/h2*4H,1H2,2-3H3;/q2*-1;+2. The molecule has 0 fully saturated rings. The van der Waals surface area contributed by atoms with Crippen molar-refractivity contribution >= 4 is 10.1 Å². The van der Waals surface area contributed by atoms with Crippen LogP contribution in [0.25, 0.3) is 0 Å². The van der Waals surface area contributed by atoms with Gasteiger partial charge in [-0.1, -0.05) is 27.7 Å². The van der Waals surface area contributed by atoms with E-state index in [0.717, 1.165) is 0 Å². The van der Waals surface area contributed by atoms with Gasteiger partial charge < -0.3 is 13.8 Å². The van der Waals surface area contributed by atoms with Gasteiger partial charge >= 0.3 is 10.1 Å². The van der Waals surface area contributed by atoms with Crippen LogP contribution < -0.4 is 0 Å². The second-order valence-electron chi connectivity index (χ2n) is 2.79. The molecule has 0 aromatic carbocycles. The van der Waals surface area contributed by atoms with E-state index >= 15 is 0 Å². The number of rotatable bonds is 0. The van der Waals surface area contributed by atoms with E-state index in [9.17, 15) is 0 Å². The average Bonchev–Trinajstić information content (AvgIpc) is 1.25. The van der Waals surface area contributed by atoms with Gasteiger partial charge in [0, 0.05) is 0 Å². The third-order valence-electron chi connectivity index (χ3n) is 0. The fraction of sp³-hybridized carbons (Fsp3) is 0.750. The van der Waals surface area contributed by atoms with Crippen molar-refractivity contribution in [3.8, 4) is 0 Å². The first-order valence-corrected chi connectivity index (χ1v) is 3.13. The van der Waals surface area contributed by atoms with E-state index in [0.29, 0.717) is 11.8 Å². The summed E-state index contributed by atoms with van der Waals surface area (Å²) < 4.78 is 0. The molecule has 0 aromatic heterocycles. The summed E-state index contributed by atoms with van der Waals surface area (Å²) in [6.07, 6.45) is 0. The Kier molecular flexibility index (Phi) is 19.7. The van der Waals surface area contributed by atoms with Crippen LogP contribution in [-0.4, -0.2) is 10.1 Å². The topological polar surface area (TPSA) is 0 Å². The maximum atomic E-state index is 3.64. The Hall–Kier alpha value is 0.169. The minimum Gasteiger partial charge on any atom is -0.341 e. The Bertz CT molecular complexity index is 20.0. The summed E-state index contributed by atoms with van der Waals surface area (Å²) in [4.78, 5) is 0. The van der Waals surface area contributed by atoms with E-state index in [1.165, 1.54) is 0 Å². The van der Waals surface area contributed by atoms with E-state index in [1.807, 2.05) is 0 Å². The molecule has 0 radical (unpaired) electrons. The third kappa shape index (κ3) is 10900. The molecule has 0 aliphatic heterocycles. The van der Waals surface area contributed by atoms with Gasteiger partial charge in [0.2, 0.25) is 0 Å². The van der Waals surface area contributed by atoms with Crippen molar-refractivity contribution in [3.63, 3.8) is 0 Å². The summed E-state index contributed by atoms with van der Waals surface area (Å²) in [5, 5.41) is 0. The van der Waals surface area contributed by atoms with Gasteiger partial charge in [-0.15, -0.1) is 0 Å². The third-order valence-corrected chi connectivity index (χ3v) is 0. The largest absolute Gasteiger partial charge is 2.00 e. The van der Waals surface area contributed by atoms with Crippen LogP contribution in [0.2, 0.25) is 0 Å². The summed E-state index contributed by atoms with van der Waals surface area (Å²) >= 11 is 0. The van der Waals surface area contributed by atoms with E-state index in [-0.39, 0.29) is 10.1 Å². The molecule has 9 heavy (non-hydrogen) atoms. The SMILES string of the molecule is [Be+2].[CH2-]C(C)C.[CH2-]C(C)C. The van der Waals surface area contributed by atoms with Crippen LogP contribution in [0.15, 0.2) is 0 Å². The molecule has 0 heterocycles. The van der Waals surface area contributed by atoms with Crippen molar-refractivity contribution < 1.29 is 0 Å². The first-order valence-electron chi connectivity index (χ1n) is 3.13. The van der Waals surface area contributed by atoms with E-state index < -0.39 is 0 Å². The molecule has 0 aliphatic rings. The first kappa shape index (κ1) is 16.1. The molecule has 52 valence electrons. The average molecular weight is 123 g/mol. The molecule has 0 spiro atoms. The predicted octanol–water partition coefficient (Wildman–Crippen LogP) is 2.57. The second-order valence-corrected chi connectivity index (χ2v) is 2.79. The molecule has 0 nitrogen and oxygen atoms in total. The van der Waals surface area contributed by atoms with Crippen molar-refractivity contribution in [1.29, 1.82) is 0 Å². The number of hydrogen-bond acceptors (Lipinski definition) is 0. The van der Waals surface area contributed by atoms with Gasteiger partial charge in [0.05, 0.1) is 0 Å². The molecule has 0 amide bonds. The molecule has 0 rings (SSSR count). The van der Waals surface area contributed by atoms with Gasteiger partial charge in [0.1, 0.15) is 0 Å². The van der Waals surface area contributed by atoms with Gasteiger partial charge in [0.15, 0.2) is 0 Å². The molecular weight excluding hydrogens is 105 g/mol. The molecule has 0 atom stereocenters. The van der Waals surface area contributed by atoms with Crippen LogP contribution in [0.4, 0.5) is 0 Å². The number of hydrogen-bond donors (Lipinski definition) is 0. The van der Waals surface area contributed by atoms with Crippen LogP contribution in [0.3, 0.4) is 0 Å². The second kappa shape index (κ2) is 11.0. The van der Waals surface area contributed by atoms with Crippen LogP contribution in [-0.2, 0) is 0 Å². The summed E-state index contributed by atoms with van der Waals surface area (Å²) in [5.41, 5.74) is 0. The molecule has 0 bridgehead atoms. The van der Waals surface area contributed by atoms with Crippen LogP contribution in [0.5, 0.6) is 0 Å². The van der Waals surface area contributed by atoms with Gasteiger partial charge in [-0.2, -0.15) is 11.8 Å². The van der Waals surface area contributed by atoms with Crippen molar-refractivity contribution in [2.75, 3.05) is 0 Å². The van der Waals surface area contributed by atoms with Crippen molar-refractivity contribution in [2.24, 2.45) is 11.8 Å². The molecular formula is C8H18Be. The van der Waals surface area contributed by atoms with Crippen LogP contribution in [0.1, 0.15) is 27.7 Å². The van der Waals surface area contributed by atoms with Crippen LogP contribution >= 0.6 is 0 Å². The van der Waals surface area contributed by atoms with Crippen LogP contribution in [0, 0.1) is 25.7 Å². The monoisotopic (exact) mass is 123 g/mol. The first-order chi connectivity index (χ1) is 3.46. The maximum absolute atomic E-state index is 3.64. The summed E-state index contributed by atoms with van der Waals surface area (Å²) in [7, 11) is 0. The zero-order valence-corrected chi connectivity index (χ0v) is 7.28. The Morgan fingerprint density at radius 1 is 0.778 bits per heavy atom. The Balaban J connectivity index is -0.0000000720. The fourth-order valence-corrected chi connectivity index (χ4v) is 0. The predicted molar refractivity (Wildman–Crippen MR) is 46.1 cm³/mol. The summed E-state index contributed by atoms with van der Waals surface area (Å²) in [6.45, 7) is 15.5. The zero-order chi connectivity index (χ0) is 7.15. The maximum Gasteiger partial charge on any atom is 2.00 e. The molecule has 1 heteroatoms. The molecule has 0 aliphatic carbocycles. The van der Waals surface area contributed by atoms with Crippen molar-refractivity contribution in [2.45, 2.75) is 27.7 Å². The summed E-state index contributed by atoms with van der Waals surface area (Å²) in [5.74, 6) is 1.17. The molecule has 0 N–H and O–H groups in total. The minimum atomic E-state index is 0. The smallest absolute Gasteiger partial charge is 0.341 e. The fourth-order valence-electron chi connectivity index (χ4n) is 0. The van der Waals surface area contributed by atoms with Crippen molar-refractivity contribution in [1.82, 2.24) is 0 Å². The minimum absolute atomic E-state index is 0. The quantitative estimate of drug-likeness (QED) is 0.343. The van der Waals surface area contributed by atoms with E-state index in [2.05, 4.69) is 41.5 Å². The molecule has 0 saturated carbocycles. The van der Waals surface area contributed by atoms with Gasteiger partial charge in [-0.05, 0) is 0 Å². The normalized spacial score (nSPS) is 8.00. The molecule has 0 aromatic rings. The van der Waals surface area contributed by atoms with E-state index in [1.54, 1.807) is 0 Å². The Morgan fingerprint density at radius 2 is 0.778 bits per heavy atom.